The largest absolute Gasteiger partial charge is 0.496 e. The quantitative estimate of drug-likeness (QED) is 0.494. The number of hydrogen-bond donors (Lipinski definition) is 3. The van der Waals surface area contributed by atoms with Crippen molar-refractivity contribution in [3.05, 3.63) is 57.7 Å². The van der Waals surface area contributed by atoms with Crippen molar-refractivity contribution in [3.8, 4) is 16.9 Å². The number of hydrazine groups is 1. The van der Waals surface area contributed by atoms with E-state index in [1.54, 1.807) is 7.11 Å². The highest BCUT2D eigenvalue weighted by atomic mass is 32.1. The molecule has 0 spiro atoms. The Hall–Kier alpha value is -2.83. The third kappa shape index (κ3) is 2.09. The van der Waals surface area contributed by atoms with Gasteiger partial charge in [-0.05, 0) is 47.7 Å². The number of ether oxygens (including phenoxy) is 1. The van der Waals surface area contributed by atoms with Gasteiger partial charge in [0.1, 0.15) is 10.4 Å². The number of pyridine rings is 1. The predicted octanol–water partition coefficient (Wildman–Crippen LogP) is 4.41. The molecule has 2 aromatic carbocycles. The lowest BCUT2D eigenvalue weighted by atomic mass is 9.95. The lowest BCUT2D eigenvalue weighted by molar-refractivity contribution is 0.417. The van der Waals surface area contributed by atoms with Crippen LogP contribution in [0.2, 0.25) is 0 Å². The topological polar surface area (TPSA) is 66.2 Å². The lowest BCUT2D eigenvalue weighted by Gasteiger charge is -2.14. The van der Waals surface area contributed by atoms with Crippen LogP contribution < -0.4 is 21.1 Å². The molecule has 0 saturated carbocycles. The van der Waals surface area contributed by atoms with Gasteiger partial charge in [-0.15, -0.1) is 11.3 Å². The fourth-order valence-electron chi connectivity index (χ4n) is 3.75. The van der Waals surface area contributed by atoms with Gasteiger partial charge >= 0.3 is 0 Å². The van der Waals surface area contributed by atoms with Crippen LogP contribution in [-0.2, 0) is 0 Å². The average molecular weight is 363 g/mol. The van der Waals surface area contributed by atoms with Crippen LogP contribution >= 0.6 is 11.3 Å². The standard InChI is InChI=1S/C20H17N3O2S/c1-10-12-4-3-11(9-15(12)23-22-10)17-16(25-2)6-5-14-18(17)13-7-8-26-19(13)20(24)21-14/h3-10,22-23H,1-2H3,(H,21,24). The second-order valence-electron chi connectivity index (χ2n) is 6.48. The van der Waals surface area contributed by atoms with Crippen LogP contribution in [0.15, 0.2) is 46.6 Å². The summed E-state index contributed by atoms with van der Waals surface area (Å²) in [4.78, 5) is 15.4. The number of aromatic amines is 1. The molecule has 3 heterocycles. The zero-order valence-corrected chi connectivity index (χ0v) is 15.2. The summed E-state index contributed by atoms with van der Waals surface area (Å²) >= 11 is 1.46. The van der Waals surface area contributed by atoms with Gasteiger partial charge in [0.05, 0.1) is 18.8 Å². The summed E-state index contributed by atoms with van der Waals surface area (Å²) < 4.78 is 6.42. The molecule has 1 atom stereocenters. The minimum atomic E-state index is -0.0488. The van der Waals surface area contributed by atoms with Gasteiger partial charge in [-0.1, -0.05) is 12.1 Å². The van der Waals surface area contributed by atoms with Gasteiger partial charge < -0.3 is 15.1 Å². The van der Waals surface area contributed by atoms with Crippen LogP contribution in [0.4, 0.5) is 5.69 Å². The maximum atomic E-state index is 12.4. The van der Waals surface area contributed by atoms with Gasteiger partial charge in [0.2, 0.25) is 0 Å². The Bertz CT molecular complexity index is 1230. The van der Waals surface area contributed by atoms with Gasteiger partial charge in [0, 0.05) is 21.9 Å². The van der Waals surface area contributed by atoms with Gasteiger partial charge in [0.25, 0.3) is 5.56 Å². The third-order valence-corrected chi connectivity index (χ3v) is 5.92. The number of anilines is 1. The molecule has 0 amide bonds. The Morgan fingerprint density at radius 3 is 2.88 bits per heavy atom. The third-order valence-electron chi connectivity index (χ3n) is 5.01. The van der Waals surface area contributed by atoms with Crippen molar-refractivity contribution in [1.82, 2.24) is 10.4 Å². The summed E-state index contributed by atoms with van der Waals surface area (Å²) in [5.41, 5.74) is 11.6. The van der Waals surface area contributed by atoms with Crippen molar-refractivity contribution >= 4 is 38.0 Å². The Balaban J connectivity index is 1.90. The molecular formula is C20H17N3O2S. The minimum Gasteiger partial charge on any atom is -0.496 e. The Labute approximate surface area is 153 Å². The van der Waals surface area contributed by atoms with Crippen molar-refractivity contribution in [1.29, 1.82) is 0 Å². The highest BCUT2D eigenvalue weighted by Crippen LogP contribution is 2.42. The van der Waals surface area contributed by atoms with E-state index < -0.39 is 0 Å². The van der Waals surface area contributed by atoms with Gasteiger partial charge in [0.15, 0.2) is 0 Å². The molecule has 5 nitrogen and oxygen atoms in total. The fraction of sp³-hybridized carbons (Fsp3) is 0.150. The van der Waals surface area contributed by atoms with E-state index in [1.807, 2.05) is 23.6 Å². The predicted molar refractivity (Wildman–Crippen MR) is 107 cm³/mol. The first-order valence-corrected chi connectivity index (χ1v) is 9.31. The smallest absolute Gasteiger partial charge is 0.266 e. The molecule has 0 fully saturated rings. The first kappa shape index (κ1) is 15.4. The molecule has 1 unspecified atom stereocenters. The Morgan fingerprint density at radius 1 is 1.15 bits per heavy atom. The minimum absolute atomic E-state index is 0.0488. The monoisotopic (exact) mass is 363 g/mol. The molecule has 1 aliphatic rings. The molecule has 0 bridgehead atoms. The average Bonchev–Trinajstić information content (AvgIpc) is 3.28. The zero-order valence-electron chi connectivity index (χ0n) is 14.3. The lowest BCUT2D eigenvalue weighted by Crippen LogP contribution is -2.15. The molecule has 1 aliphatic heterocycles. The molecule has 0 aliphatic carbocycles. The molecule has 6 heteroatoms. The fourth-order valence-corrected chi connectivity index (χ4v) is 4.54. The number of H-pyrrole nitrogens is 1. The van der Waals surface area contributed by atoms with Crippen LogP contribution in [-0.4, -0.2) is 12.1 Å². The number of aromatic nitrogens is 1. The summed E-state index contributed by atoms with van der Waals surface area (Å²) in [5, 5.41) is 3.93. The van der Waals surface area contributed by atoms with Crippen LogP contribution in [0.5, 0.6) is 5.75 Å². The van der Waals surface area contributed by atoms with E-state index in [1.165, 1.54) is 16.9 Å². The van der Waals surface area contributed by atoms with E-state index in [-0.39, 0.29) is 11.6 Å². The van der Waals surface area contributed by atoms with E-state index >= 15 is 0 Å². The molecule has 26 heavy (non-hydrogen) atoms. The molecule has 3 N–H and O–H groups in total. The SMILES string of the molecule is COc1ccc2[nH]c(=O)c3sccc3c2c1-c1ccc2c(c1)NNC2C. The first-order valence-electron chi connectivity index (χ1n) is 8.43. The van der Waals surface area contributed by atoms with Crippen LogP contribution in [0, 0.1) is 0 Å². The normalized spacial score (nSPS) is 16.0. The van der Waals surface area contributed by atoms with Crippen molar-refractivity contribution in [2.45, 2.75) is 13.0 Å². The highest BCUT2D eigenvalue weighted by molar-refractivity contribution is 7.17. The van der Waals surface area contributed by atoms with E-state index in [0.717, 1.165) is 43.6 Å². The Kier molecular flexibility index (Phi) is 3.32. The number of benzene rings is 2. The number of rotatable bonds is 2. The van der Waals surface area contributed by atoms with Crippen LogP contribution in [0.3, 0.4) is 0 Å². The van der Waals surface area contributed by atoms with Crippen molar-refractivity contribution in [2.24, 2.45) is 0 Å². The number of nitrogens with one attached hydrogen (secondary N) is 3. The molecule has 0 saturated heterocycles. The molecular weight excluding hydrogens is 346 g/mol. The molecule has 4 aromatic rings. The van der Waals surface area contributed by atoms with Crippen LogP contribution in [0.25, 0.3) is 32.1 Å². The van der Waals surface area contributed by atoms with E-state index in [4.69, 9.17) is 4.74 Å². The van der Waals surface area contributed by atoms with Crippen molar-refractivity contribution < 1.29 is 4.74 Å². The van der Waals surface area contributed by atoms with Crippen LogP contribution in [0.1, 0.15) is 18.5 Å². The van der Waals surface area contributed by atoms with E-state index in [2.05, 4.69) is 41.0 Å². The van der Waals surface area contributed by atoms with Crippen molar-refractivity contribution in [2.75, 3.05) is 12.5 Å². The summed E-state index contributed by atoms with van der Waals surface area (Å²) in [6, 6.07) is 12.5. The number of fused-ring (bicyclic) bond motifs is 4. The maximum absolute atomic E-state index is 12.4. The van der Waals surface area contributed by atoms with E-state index in [0.29, 0.717) is 0 Å². The summed E-state index contributed by atoms with van der Waals surface area (Å²) in [6.45, 7) is 2.12. The molecule has 130 valence electrons. The second-order valence-corrected chi connectivity index (χ2v) is 7.39. The van der Waals surface area contributed by atoms with Crippen molar-refractivity contribution in [3.63, 3.8) is 0 Å². The molecule has 0 radical (unpaired) electrons. The number of thiophene rings is 1. The molecule has 5 rings (SSSR count). The van der Waals surface area contributed by atoms with Gasteiger partial charge in [-0.2, -0.15) is 0 Å². The number of hydrogen-bond acceptors (Lipinski definition) is 5. The maximum Gasteiger partial charge on any atom is 0.266 e. The Morgan fingerprint density at radius 2 is 2.04 bits per heavy atom. The zero-order chi connectivity index (χ0) is 17.8. The van der Waals surface area contributed by atoms with Gasteiger partial charge in [-0.3, -0.25) is 4.79 Å². The summed E-state index contributed by atoms with van der Waals surface area (Å²) in [5.74, 6) is 0.788. The summed E-state index contributed by atoms with van der Waals surface area (Å²) in [6.07, 6.45) is 0. The number of methoxy groups -OCH3 is 1. The molecule has 2 aromatic heterocycles. The summed E-state index contributed by atoms with van der Waals surface area (Å²) in [7, 11) is 1.68. The highest BCUT2D eigenvalue weighted by Gasteiger charge is 2.21. The second kappa shape index (κ2) is 5.59. The first-order chi connectivity index (χ1) is 12.7. The van der Waals surface area contributed by atoms with E-state index in [9.17, 15) is 4.79 Å². The van der Waals surface area contributed by atoms with Gasteiger partial charge in [-0.25, -0.2) is 5.43 Å².